The van der Waals surface area contributed by atoms with Crippen LogP contribution in [0.15, 0.2) is 39.3 Å². The second-order valence-corrected chi connectivity index (χ2v) is 6.50. The van der Waals surface area contributed by atoms with Gasteiger partial charge in [-0.25, -0.2) is 0 Å². The predicted molar refractivity (Wildman–Crippen MR) is 85.9 cm³/mol. The Balaban J connectivity index is 2.59. The third-order valence-corrected chi connectivity index (χ3v) is 4.26. The topological polar surface area (TPSA) is 17.1 Å². The van der Waals surface area contributed by atoms with E-state index in [1.807, 2.05) is 51.1 Å². The highest BCUT2D eigenvalue weighted by molar-refractivity contribution is 9.11. The molecule has 3 heteroatoms. The minimum absolute atomic E-state index is 0.0585. The smallest absolute Gasteiger partial charge is 0.194 e. The Kier molecular flexibility index (Phi) is 4.26. The standard InChI is InChI=1S/C16H14Br2O/c1-9-6-10(2)15(11(3)7-9)16(19)13-8-12(17)4-5-14(13)18/h4-8H,1-3H3. The van der Waals surface area contributed by atoms with E-state index in [9.17, 15) is 4.79 Å². The Morgan fingerprint density at radius 1 is 0.947 bits per heavy atom. The van der Waals surface area contributed by atoms with Gasteiger partial charge in [-0.2, -0.15) is 0 Å². The second-order valence-electron chi connectivity index (χ2n) is 4.73. The SMILES string of the molecule is Cc1cc(C)c(C(=O)c2cc(Br)ccc2Br)c(C)c1. The van der Waals surface area contributed by atoms with Crippen LogP contribution in [0.2, 0.25) is 0 Å². The van der Waals surface area contributed by atoms with Crippen molar-refractivity contribution in [3.63, 3.8) is 0 Å². The number of rotatable bonds is 2. The summed E-state index contributed by atoms with van der Waals surface area (Å²) in [5.41, 5.74) is 4.71. The van der Waals surface area contributed by atoms with Gasteiger partial charge < -0.3 is 0 Å². The van der Waals surface area contributed by atoms with Crippen molar-refractivity contribution < 1.29 is 4.79 Å². The number of aryl methyl sites for hydroxylation is 3. The Morgan fingerprint density at radius 2 is 1.53 bits per heavy atom. The van der Waals surface area contributed by atoms with Crippen LogP contribution < -0.4 is 0 Å². The van der Waals surface area contributed by atoms with Gasteiger partial charge in [-0.1, -0.05) is 49.6 Å². The average molecular weight is 382 g/mol. The minimum atomic E-state index is 0.0585. The van der Waals surface area contributed by atoms with Gasteiger partial charge >= 0.3 is 0 Å². The Morgan fingerprint density at radius 3 is 2.11 bits per heavy atom. The maximum absolute atomic E-state index is 12.7. The molecule has 0 aliphatic carbocycles. The van der Waals surface area contributed by atoms with E-state index in [0.29, 0.717) is 5.56 Å². The molecule has 0 aliphatic heterocycles. The van der Waals surface area contributed by atoms with Gasteiger partial charge in [0.05, 0.1) is 0 Å². The van der Waals surface area contributed by atoms with Gasteiger partial charge in [-0.3, -0.25) is 4.79 Å². The van der Waals surface area contributed by atoms with Crippen molar-refractivity contribution in [3.8, 4) is 0 Å². The molecule has 98 valence electrons. The molecule has 0 bridgehead atoms. The van der Waals surface area contributed by atoms with Gasteiger partial charge in [-0.15, -0.1) is 0 Å². The number of halogens is 2. The van der Waals surface area contributed by atoms with Crippen molar-refractivity contribution >= 4 is 37.6 Å². The molecule has 0 saturated heterocycles. The van der Waals surface area contributed by atoms with Crippen LogP contribution in [0.3, 0.4) is 0 Å². The fourth-order valence-corrected chi connectivity index (χ4v) is 3.13. The molecule has 1 nitrogen and oxygen atoms in total. The van der Waals surface area contributed by atoms with Crippen molar-refractivity contribution in [1.29, 1.82) is 0 Å². The van der Waals surface area contributed by atoms with Crippen molar-refractivity contribution in [2.75, 3.05) is 0 Å². The molecule has 0 heterocycles. The fourth-order valence-electron chi connectivity index (χ4n) is 2.34. The van der Waals surface area contributed by atoms with Gasteiger partial charge in [0, 0.05) is 20.1 Å². The molecule has 2 rings (SSSR count). The van der Waals surface area contributed by atoms with Gasteiger partial charge in [0.2, 0.25) is 0 Å². The van der Waals surface area contributed by atoms with E-state index >= 15 is 0 Å². The molecule has 0 aromatic heterocycles. The summed E-state index contributed by atoms with van der Waals surface area (Å²) in [7, 11) is 0. The first-order valence-electron chi connectivity index (χ1n) is 5.97. The Hall–Kier alpha value is -0.930. The number of carbonyl (C=O) groups excluding carboxylic acids is 1. The zero-order valence-electron chi connectivity index (χ0n) is 11.1. The lowest BCUT2D eigenvalue weighted by Gasteiger charge is -2.11. The van der Waals surface area contributed by atoms with Crippen molar-refractivity contribution in [2.24, 2.45) is 0 Å². The van der Waals surface area contributed by atoms with Crippen LogP contribution in [0.25, 0.3) is 0 Å². The lowest BCUT2D eigenvalue weighted by Crippen LogP contribution is -2.07. The summed E-state index contributed by atoms with van der Waals surface area (Å²) < 4.78 is 1.72. The van der Waals surface area contributed by atoms with Crippen LogP contribution >= 0.6 is 31.9 Å². The van der Waals surface area contributed by atoms with Crippen LogP contribution in [0.1, 0.15) is 32.6 Å². The van der Waals surface area contributed by atoms with Gasteiger partial charge in [0.25, 0.3) is 0 Å². The summed E-state index contributed by atoms with van der Waals surface area (Å²) >= 11 is 6.86. The number of hydrogen-bond acceptors (Lipinski definition) is 1. The summed E-state index contributed by atoms with van der Waals surface area (Å²) in [5, 5.41) is 0. The Labute approximate surface area is 130 Å². The van der Waals surface area contributed by atoms with E-state index in [1.54, 1.807) is 0 Å². The van der Waals surface area contributed by atoms with E-state index in [4.69, 9.17) is 0 Å². The molecule has 0 unspecified atom stereocenters. The van der Waals surface area contributed by atoms with Crippen LogP contribution in [0, 0.1) is 20.8 Å². The lowest BCUT2D eigenvalue weighted by molar-refractivity contribution is 0.103. The lowest BCUT2D eigenvalue weighted by atomic mass is 9.93. The number of benzene rings is 2. The monoisotopic (exact) mass is 380 g/mol. The molecule has 0 radical (unpaired) electrons. The molecule has 19 heavy (non-hydrogen) atoms. The highest BCUT2D eigenvalue weighted by atomic mass is 79.9. The quantitative estimate of drug-likeness (QED) is 0.639. The van der Waals surface area contributed by atoms with E-state index in [0.717, 1.165) is 25.6 Å². The van der Waals surface area contributed by atoms with Crippen molar-refractivity contribution in [2.45, 2.75) is 20.8 Å². The molecule has 0 N–H and O–H groups in total. The number of hydrogen-bond donors (Lipinski definition) is 0. The average Bonchev–Trinajstić information content (AvgIpc) is 2.30. The third-order valence-electron chi connectivity index (χ3n) is 3.08. The molecule has 2 aromatic rings. The van der Waals surface area contributed by atoms with E-state index in [1.165, 1.54) is 5.56 Å². The first-order chi connectivity index (χ1) is 8.90. The summed E-state index contributed by atoms with van der Waals surface area (Å²) in [6, 6.07) is 9.75. The van der Waals surface area contributed by atoms with Crippen LogP contribution in [-0.4, -0.2) is 5.78 Å². The van der Waals surface area contributed by atoms with Gasteiger partial charge in [-0.05, 0) is 50.1 Å². The van der Waals surface area contributed by atoms with Crippen LogP contribution in [0.4, 0.5) is 0 Å². The molecule has 0 fully saturated rings. The highest BCUT2D eigenvalue weighted by Crippen LogP contribution is 2.27. The summed E-state index contributed by atoms with van der Waals surface area (Å²) in [6.07, 6.45) is 0. The molecule has 0 aliphatic rings. The molecule has 0 atom stereocenters. The summed E-state index contributed by atoms with van der Waals surface area (Å²) in [5.74, 6) is 0.0585. The molecular weight excluding hydrogens is 368 g/mol. The predicted octanol–water partition coefficient (Wildman–Crippen LogP) is 5.37. The van der Waals surface area contributed by atoms with E-state index < -0.39 is 0 Å². The molecular formula is C16H14Br2O. The molecule has 0 amide bonds. The van der Waals surface area contributed by atoms with Crippen LogP contribution in [0.5, 0.6) is 0 Å². The third kappa shape index (κ3) is 2.98. The first kappa shape index (κ1) is 14.5. The first-order valence-corrected chi connectivity index (χ1v) is 7.56. The zero-order chi connectivity index (χ0) is 14.2. The highest BCUT2D eigenvalue weighted by Gasteiger charge is 2.17. The summed E-state index contributed by atoms with van der Waals surface area (Å²) in [4.78, 5) is 12.7. The number of carbonyl (C=O) groups is 1. The maximum Gasteiger partial charge on any atom is 0.194 e. The minimum Gasteiger partial charge on any atom is -0.289 e. The largest absolute Gasteiger partial charge is 0.289 e. The van der Waals surface area contributed by atoms with Crippen molar-refractivity contribution in [1.82, 2.24) is 0 Å². The van der Waals surface area contributed by atoms with Gasteiger partial charge in [0.1, 0.15) is 0 Å². The van der Waals surface area contributed by atoms with Crippen molar-refractivity contribution in [3.05, 3.63) is 67.1 Å². The van der Waals surface area contributed by atoms with E-state index in [-0.39, 0.29) is 5.78 Å². The molecule has 0 saturated carbocycles. The molecule has 0 spiro atoms. The van der Waals surface area contributed by atoms with Crippen LogP contribution in [-0.2, 0) is 0 Å². The van der Waals surface area contributed by atoms with E-state index in [2.05, 4.69) is 31.9 Å². The molecule has 2 aromatic carbocycles. The fraction of sp³-hybridized carbons (Fsp3) is 0.188. The normalized spacial score (nSPS) is 10.6. The zero-order valence-corrected chi connectivity index (χ0v) is 14.2. The van der Waals surface area contributed by atoms with Gasteiger partial charge in [0.15, 0.2) is 5.78 Å². The maximum atomic E-state index is 12.7. The number of ketones is 1. The second kappa shape index (κ2) is 5.59. The summed E-state index contributed by atoms with van der Waals surface area (Å²) in [6.45, 7) is 6.02. The Bertz CT molecular complexity index is 637.